The number of amides is 2. The summed E-state index contributed by atoms with van der Waals surface area (Å²) in [6.07, 6.45) is 5.29. The summed E-state index contributed by atoms with van der Waals surface area (Å²) in [6.45, 7) is 5.51. The Morgan fingerprint density at radius 1 is 1.03 bits per heavy atom. The molecule has 0 radical (unpaired) electrons. The Kier molecular flexibility index (Phi) is 6.93. The maximum absolute atomic E-state index is 13.6. The number of carbonyl (C=O) groups excluding carboxylic acids is 2. The van der Waals surface area contributed by atoms with E-state index in [0.717, 1.165) is 21.9 Å². The van der Waals surface area contributed by atoms with E-state index in [1.165, 1.54) is 7.11 Å². The number of hydrogen-bond donors (Lipinski definition) is 3. The van der Waals surface area contributed by atoms with Gasteiger partial charge in [-0.05, 0) is 69.3 Å². The standard InChI is InChI=1S/C29H28ClN5O4/c1-29(2,3)39-27(36)25(20-16-32-26-18(20)7-6-13-31-26)35-14-12-19-21(8-5-9-23(19)35)33-28(37)34-22-15-17(30)10-11-24(22)38-4/h5-16,25H,1-4H3,(H,31,32)(H2,33,34,37). The van der Waals surface area contributed by atoms with Crippen LogP contribution in [0.2, 0.25) is 5.02 Å². The SMILES string of the molecule is COc1ccc(Cl)cc1NC(=O)Nc1cccc2c1ccn2C(C(=O)OC(C)(C)C)c1c[nH]c2ncccc12. The molecule has 3 N–H and O–H groups in total. The van der Waals surface area contributed by atoms with Crippen LogP contribution in [-0.4, -0.2) is 39.2 Å². The number of aromatic amines is 1. The molecule has 200 valence electrons. The van der Waals surface area contributed by atoms with Crippen molar-refractivity contribution < 1.29 is 19.1 Å². The summed E-state index contributed by atoms with van der Waals surface area (Å²) in [6, 6.07) is 14.8. The van der Waals surface area contributed by atoms with Gasteiger partial charge in [-0.3, -0.25) is 0 Å². The minimum absolute atomic E-state index is 0.408. The fourth-order valence-corrected chi connectivity index (χ4v) is 4.70. The van der Waals surface area contributed by atoms with Crippen LogP contribution in [0.25, 0.3) is 21.9 Å². The normalized spacial score (nSPS) is 12.3. The van der Waals surface area contributed by atoms with Crippen molar-refractivity contribution in [3.8, 4) is 5.75 Å². The lowest BCUT2D eigenvalue weighted by atomic mass is 10.1. The number of nitrogens with zero attached hydrogens (tertiary/aromatic N) is 2. The van der Waals surface area contributed by atoms with Crippen molar-refractivity contribution in [3.05, 3.63) is 83.8 Å². The first-order valence-corrected chi connectivity index (χ1v) is 12.7. The molecule has 0 saturated heterocycles. The Morgan fingerprint density at radius 2 is 1.82 bits per heavy atom. The van der Waals surface area contributed by atoms with E-state index < -0.39 is 23.6 Å². The van der Waals surface area contributed by atoms with Crippen LogP contribution < -0.4 is 15.4 Å². The third-order valence-corrected chi connectivity index (χ3v) is 6.34. The molecular formula is C29H28ClN5O4. The van der Waals surface area contributed by atoms with Gasteiger partial charge in [-0.1, -0.05) is 17.7 Å². The summed E-state index contributed by atoms with van der Waals surface area (Å²) >= 11 is 6.10. The zero-order chi connectivity index (χ0) is 27.7. The number of aromatic nitrogens is 3. The maximum atomic E-state index is 13.6. The van der Waals surface area contributed by atoms with Crippen molar-refractivity contribution in [1.82, 2.24) is 14.5 Å². The predicted molar refractivity (Wildman–Crippen MR) is 153 cm³/mol. The van der Waals surface area contributed by atoms with E-state index in [4.69, 9.17) is 21.1 Å². The Hall–Kier alpha value is -4.50. The van der Waals surface area contributed by atoms with Crippen LogP contribution in [0.1, 0.15) is 32.4 Å². The minimum atomic E-state index is -0.792. The summed E-state index contributed by atoms with van der Waals surface area (Å²) in [5.41, 5.74) is 2.46. The van der Waals surface area contributed by atoms with Gasteiger partial charge in [-0.15, -0.1) is 0 Å². The van der Waals surface area contributed by atoms with Crippen LogP contribution in [0.5, 0.6) is 5.75 Å². The maximum Gasteiger partial charge on any atom is 0.334 e. The molecule has 1 unspecified atom stereocenters. The lowest BCUT2D eigenvalue weighted by Gasteiger charge is -2.25. The van der Waals surface area contributed by atoms with Crippen molar-refractivity contribution >= 4 is 56.9 Å². The van der Waals surface area contributed by atoms with E-state index >= 15 is 0 Å². The molecule has 0 fully saturated rings. The number of hydrogen-bond acceptors (Lipinski definition) is 5. The number of fused-ring (bicyclic) bond motifs is 2. The molecule has 2 aromatic carbocycles. The number of anilines is 2. The molecule has 39 heavy (non-hydrogen) atoms. The number of pyridine rings is 1. The first-order chi connectivity index (χ1) is 18.6. The number of esters is 1. The van der Waals surface area contributed by atoms with Crippen molar-refractivity contribution in [2.75, 3.05) is 17.7 Å². The second-order valence-corrected chi connectivity index (χ2v) is 10.4. The van der Waals surface area contributed by atoms with Gasteiger partial charge < -0.3 is 29.7 Å². The van der Waals surface area contributed by atoms with Gasteiger partial charge in [-0.2, -0.15) is 0 Å². The molecule has 1 atom stereocenters. The molecule has 0 bridgehead atoms. The highest BCUT2D eigenvalue weighted by Gasteiger charge is 2.31. The highest BCUT2D eigenvalue weighted by atomic mass is 35.5. The zero-order valence-electron chi connectivity index (χ0n) is 21.9. The molecule has 5 rings (SSSR count). The molecule has 3 heterocycles. The van der Waals surface area contributed by atoms with Crippen LogP contribution in [0.4, 0.5) is 16.2 Å². The van der Waals surface area contributed by atoms with Gasteiger partial charge in [0.2, 0.25) is 0 Å². The molecule has 0 aliphatic heterocycles. The second-order valence-electron chi connectivity index (χ2n) is 9.96. The van der Waals surface area contributed by atoms with E-state index in [0.29, 0.717) is 27.8 Å². The number of halogens is 1. The van der Waals surface area contributed by atoms with Crippen LogP contribution in [0, 0.1) is 0 Å². The van der Waals surface area contributed by atoms with Gasteiger partial charge in [0, 0.05) is 39.9 Å². The molecule has 2 amide bonds. The topological polar surface area (TPSA) is 110 Å². The summed E-state index contributed by atoms with van der Waals surface area (Å²) in [5.74, 6) is 0.0706. The number of H-pyrrole nitrogens is 1. The van der Waals surface area contributed by atoms with Crippen LogP contribution in [-0.2, 0) is 9.53 Å². The average molecular weight is 546 g/mol. The van der Waals surface area contributed by atoms with Gasteiger partial charge in [0.15, 0.2) is 6.04 Å². The summed E-state index contributed by atoms with van der Waals surface area (Å²) in [7, 11) is 1.51. The Labute approximate surface area is 230 Å². The number of rotatable bonds is 6. The Bertz CT molecular complexity index is 1680. The molecule has 0 aliphatic carbocycles. The molecule has 3 aromatic heterocycles. The monoisotopic (exact) mass is 545 g/mol. The van der Waals surface area contributed by atoms with E-state index in [-0.39, 0.29) is 0 Å². The zero-order valence-corrected chi connectivity index (χ0v) is 22.7. The first kappa shape index (κ1) is 26.1. The molecule has 5 aromatic rings. The van der Waals surface area contributed by atoms with Gasteiger partial charge in [0.1, 0.15) is 17.0 Å². The smallest absolute Gasteiger partial charge is 0.334 e. The van der Waals surface area contributed by atoms with E-state index in [9.17, 15) is 9.59 Å². The molecule has 9 nitrogen and oxygen atoms in total. The summed E-state index contributed by atoms with van der Waals surface area (Å²) in [5, 5.41) is 7.70. The molecule has 10 heteroatoms. The van der Waals surface area contributed by atoms with Gasteiger partial charge in [-0.25, -0.2) is 14.6 Å². The molecule has 0 spiro atoms. The third-order valence-electron chi connectivity index (χ3n) is 6.11. The number of carbonyl (C=O) groups is 2. The van der Waals surface area contributed by atoms with E-state index in [1.807, 2.05) is 61.9 Å². The van der Waals surface area contributed by atoms with Crippen LogP contribution in [0.3, 0.4) is 0 Å². The van der Waals surface area contributed by atoms with Crippen molar-refractivity contribution in [2.24, 2.45) is 0 Å². The van der Waals surface area contributed by atoms with Crippen LogP contribution in [0.15, 0.2) is 73.2 Å². The lowest BCUT2D eigenvalue weighted by Crippen LogP contribution is -2.30. The highest BCUT2D eigenvalue weighted by Crippen LogP contribution is 2.34. The van der Waals surface area contributed by atoms with Crippen molar-refractivity contribution in [2.45, 2.75) is 32.4 Å². The van der Waals surface area contributed by atoms with Gasteiger partial charge in [0.05, 0.1) is 24.0 Å². The van der Waals surface area contributed by atoms with E-state index in [1.54, 1.807) is 36.7 Å². The van der Waals surface area contributed by atoms with Gasteiger partial charge in [0.25, 0.3) is 0 Å². The molecule has 0 saturated carbocycles. The predicted octanol–water partition coefficient (Wildman–Crippen LogP) is 6.75. The average Bonchev–Trinajstić information content (AvgIpc) is 3.49. The Balaban J connectivity index is 1.52. The molecule has 0 aliphatic rings. The second kappa shape index (κ2) is 10.3. The summed E-state index contributed by atoms with van der Waals surface area (Å²) in [4.78, 5) is 34.1. The van der Waals surface area contributed by atoms with E-state index in [2.05, 4.69) is 20.6 Å². The Morgan fingerprint density at radius 3 is 2.59 bits per heavy atom. The van der Waals surface area contributed by atoms with Crippen molar-refractivity contribution in [3.63, 3.8) is 0 Å². The largest absolute Gasteiger partial charge is 0.495 e. The fraction of sp³-hybridized carbons (Fsp3) is 0.207. The number of methoxy groups -OCH3 is 1. The number of benzene rings is 2. The van der Waals surface area contributed by atoms with Gasteiger partial charge >= 0.3 is 12.0 Å². The third kappa shape index (κ3) is 5.39. The fourth-order valence-electron chi connectivity index (χ4n) is 4.53. The van der Waals surface area contributed by atoms with Crippen molar-refractivity contribution in [1.29, 1.82) is 0 Å². The summed E-state index contributed by atoms with van der Waals surface area (Å²) < 4.78 is 13.0. The lowest BCUT2D eigenvalue weighted by molar-refractivity contribution is -0.157. The highest BCUT2D eigenvalue weighted by molar-refractivity contribution is 6.31. The molecular weight excluding hydrogens is 518 g/mol. The number of nitrogens with one attached hydrogen (secondary N) is 3. The first-order valence-electron chi connectivity index (χ1n) is 12.3. The van der Waals surface area contributed by atoms with Crippen LogP contribution >= 0.6 is 11.6 Å². The quantitative estimate of drug-likeness (QED) is 0.204. The number of urea groups is 1. The minimum Gasteiger partial charge on any atom is -0.495 e. The number of ether oxygens (including phenoxy) is 2.